The third kappa shape index (κ3) is 3.84. The molecular weight excluding hydrogens is 280 g/mol. The van der Waals surface area contributed by atoms with Gasteiger partial charge < -0.3 is 4.74 Å². The highest BCUT2D eigenvalue weighted by Crippen LogP contribution is 2.47. The zero-order valence-corrected chi connectivity index (χ0v) is 16.1. The van der Waals surface area contributed by atoms with E-state index in [1.165, 1.54) is 38.9 Å². The van der Waals surface area contributed by atoms with Crippen LogP contribution in [0.25, 0.3) is 11.1 Å². The van der Waals surface area contributed by atoms with Crippen molar-refractivity contribution in [1.82, 2.24) is 0 Å². The van der Waals surface area contributed by atoms with Crippen molar-refractivity contribution in [2.75, 3.05) is 13.7 Å². The number of ether oxygens (including phenoxy) is 1. The molecule has 0 heterocycles. The van der Waals surface area contributed by atoms with Crippen LogP contribution in [-0.4, -0.2) is 13.7 Å². The molecule has 0 spiro atoms. The first-order chi connectivity index (χ1) is 11.1. The molecule has 0 N–H and O–H groups in total. The lowest BCUT2D eigenvalue weighted by molar-refractivity contribution is 0.190. The summed E-state index contributed by atoms with van der Waals surface area (Å²) in [6.07, 6.45) is 0. The molecule has 0 aromatic heterocycles. The van der Waals surface area contributed by atoms with E-state index < -0.39 is 0 Å². The highest BCUT2D eigenvalue weighted by atomic mass is 16.5. The van der Waals surface area contributed by atoms with Gasteiger partial charge in [-0.25, -0.2) is 0 Å². The molecule has 23 heavy (non-hydrogen) atoms. The number of rotatable bonds is 2. The quantitative estimate of drug-likeness (QED) is 0.621. The summed E-state index contributed by atoms with van der Waals surface area (Å²) < 4.78 is 5.46. The highest BCUT2D eigenvalue weighted by Gasteiger charge is 2.29. The Morgan fingerprint density at radius 1 is 0.826 bits per heavy atom. The molecule has 0 bridgehead atoms. The molecule has 126 valence electrons. The molecule has 0 saturated heterocycles. The summed E-state index contributed by atoms with van der Waals surface area (Å²) in [6.45, 7) is 15.3. The molecular formula is C22H32O. The van der Waals surface area contributed by atoms with E-state index in [4.69, 9.17) is 4.74 Å². The molecule has 1 aliphatic carbocycles. The van der Waals surface area contributed by atoms with Gasteiger partial charge in [0.15, 0.2) is 0 Å². The Kier molecular flexibility index (Phi) is 7.51. The van der Waals surface area contributed by atoms with Crippen molar-refractivity contribution in [2.45, 2.75) is 54.4 Å². The number of benzene rings is 2. The van der Waals surface area contributed by atoms with Gasteiger partial charge >= 0.3 is 0 Å². The average Bonchev–Trinajstić information content (AvgIpc) is 2.85. The number of hydrogen-bond acceptors (Lipinski definition) is 1. The average molecular weight is 312 g/mol. The third-order valence-corrected chi connectivity index (χ3v) is 4.07. The van der Waals surface area contributed by atoms with E-state index in [2.05, 4.69) is 51.1 Å². The highest BCUT2D eigenvalue weighted by molar-refractivity contribution is 5.82. The first-order valence-electron chi connectivity index (χ1n) is 8.83. The first kappa shape index (κ1) is 19.4. The maximum atomic E-state index is 5.46. The van der Waals surface area contributed by atoms with Crippen molar-refractivity contribution in [3.63, 3.8) is 0 Å². The van der Waals surface area contributed by atoms with Crippen LogP contribution in [-0.2, 0) is 4.74 Å². The molecule has 2 aromatic rings. The predicted octanol–water partition coefficient (Wildman–Crippen LogP) is 6.42. The first-order valence-corrected chi connectivity index (χ1v) is 8.83. The Labute approximate surface area is 142 Å². The molecule has 1 unspecified atom stereocenters. The van der Waals surface area contributed by atoms with Crippen LogP contribution >= 0.6 is 0 Å². The largest absolute Gasteiger partial charge is 0.384 e. The molecule has 1 nitrogen and oxygen atoms in total. The Balaban J connectivity index is 0.000000615. The number of fused-ring (bicyclic) bond motifs is 3. The third-order valence-electron chi connectivity index (χ3n) is 4.07. The van der Waals surface area contributed by atoms with Crippen LogP contribution in [0.2, 0.25) is 0 Å². The summed E-state index contributed by atoms with van der Waals surface area (Å²) in [6, 6.07) is 11.4. The molecule has 0 saturated carbocycles. The minimum atomic E-state index is 0.383. The van der Waals surface area contributed by atoms with Crippen molar-refractivity contribution in [2.24, 2.45) is 0 Å². The van der Waals surface area contributed by atoms with Crippen molar-refractivity contribution < 1.29 is 4.74 Å². The van der Waals surface area contributed by atoms with Crippen LogP contribution in [0, 0.1) is 20.8 Å². The monoisotopic (exact) mass is 312 g/mol. The SMILES string of the molecule is CC.CC.COCC1c2cc(C)ccc2-c2c(C)cc(C)cc21. The topological polar surface area (TPSA) is 9.23 Å². The van der Waals surface area contributed by atoms with Crippen molar-refractivity contribution >= 4 is 0 Å². The molecule has 1 heteroatoms. The summed E-state index contributed by atoms with van der Waals surface area (Å²) >= 11 is 0. The van der Waals surface area contributed by atoms with Crippen LogP contribution < -0.4 is 0 Å². The lowest BCUT2D eigenvalue weighted by Gasteiger charge is -2.13. The van der Waals surface area contributed by atoms with E-state index >= 15 is 0 Å². The Bertz CT molecular complexity index is 641. The molecule has 0 radical (unpaired) electrons. The summed E-state index contributed by atoms with van der Waals surface area (Å²) in [7, 11) is 1.79. The number of hydrogen-bond donors (Lipinski definition) is 0. The lowest BCUT2D eigenvalue weighted by atomic mass is 9.94. The summed E-state index contributed by atoms with van der Waals surface area (Å²) in [5, 5.41) is 0. The predicted molar refractivity (Wildman–Crippen MR) is 103 cm³/mol. The van der Waals surface area contributed by atoms with E-state index in [1.807, 2.05) is 27.7 Å². The second-order valence-corrected chi connectivity index (χ2v) is 5.64. The fourth-order valence-corrected chi connectivity index (χ4v) is 3.36. The lowest BCUT2D eigenvalue weighted by Crippen LogP contribution is -2.05. The smallest absolute Gasteiger partial charge is 0.0572 e. The summed E-state index contributed by atoms with van der Waals surface area (Å²) in [5.41, 5.74) is 9.69. The minimum Gasteiger partial charge on any atom is -0.384 e. The van der Waals surface area contributed by atoms with E-state index in [1.54, 1.807) is 7.11 Å². The standard InChI is InChI=1S/C18H20O.2C2H6/c1-11-5-6-14-15(8-11)17(10-19-4)16-9-12(2)7-13(3)18(14)16;2*1-2/h5-9,17H,10H2,1-4H3;2*1-2H3. The Hall–Kier alpha value is -1.60. The van der Waals surface area contributed by atoms with Gasteiger partial charge in [0, 0.05) is 13.0 Å². The van der Waals surface area contributed by atoms with E-state index in [0.717, 1.165) is 6.61 Å². The van der Waals surface area contributed by atoms with Gasteiger partial charge in [-0.2, -0.15) is 0 Å². The Morgan fingerprint density at radius 2 is 1.43 bits per heavy atom. The van der Waals surface area contributed by atoms with Gasteiger partial charge in [0.1, 0.15) is 0 Å². The van der Waals surface area contributed by atoms with Gasteiger partial charge in [-0.05, 0) is 48.6 Å². The van der Waals surface area contributed by atoms with Crippen LogP contribution in [0.5, 0.6) is 0 Å². The van der Waals surface area contributed by atoms with Crippen LogP contribution in [0.1, 0.15) is 61.4 Å². The van der Waals surface area contributed by atoms with E-state index in [-0.39, 0.29) is 0 Å². The zero-order chi connectivity index (χ0) is 17.6. The molecule has 0 fully saturated rings. The zero-order valence-electron chi connectivity index (χ0n) is 16.1. The normalized spacial score (nSPS) is 14.0. The number of aryl methyl sites for hydroxylation is 3. The van der Waals surface area contributed by atoms with Gasteiger partial charge in [0.25, 0.3) is 0 Å². The van der Waals surface area contributed by atoms with Crippen molar-refractivity contribution in [3.8, 4) is 11.1 Å². The fraction of sp³-hybridized carbons (Fsp3) is 0.455. The molecule has 1 atom stereocenters. The van der Waals surface area contributed by atoms with E-state index in [9.17, 15) is 0 Å². The molecule has 1 aliphatic rings. The summed E-state index contributed by atoms with van der Waals surface area (Å²) in [5.74, 6) is 0.383. The van der Waals surface area contributed by atoms with Crippen LogP contribution in [0.15, 0.2) is 30.3 Å². The maximum absolute atomic E-state index is 5.46. The molecule has 0 amide bonds. The molecule has 0 aliphatic heterocycles. The Morgan fingerprint density at radius 3 is 2.04 bits per heavy atom. The van der Waals surface area contributed by atoms with Gasteiger partial charge in [-0.15, -0.1) is 0 Å². The second-order valence-electron chi connectivity index (χ2n) is 5.64. The molecule has 3 rings (SSSR count). The minimum absolute atomic E-state index is 0.383. The van der Waals surface area contributed by atoms with Gasteiger partial charge in [-0.1, -0.05) is 69.2 Å². The summed E-state index contributed by atoms with van der Waals surface area (Å²) in [4.78, 5) is 0. The maximum Gasteiger partial charge on any atom is 0.0572 e. The second kappa shape index (κ2) is 8.88. The van der Waals surface area contributed by atoms with E-state index in [0.29, 0.717) is 5.92 Å². The number of methoxy groups -OCH3 is 1. The van der Waals surface area contributed by atoms with Crippen molar-refractivity contribution in [1.29, 1.82) is 0 Å². The van der Waals surface area contributed by atoms with Gasteiger partial charge in [0.05, 0.1) is 6.61 Å². The van der Waals surface area contributed by atoms with Crippen LogP contribution in [0.3, 0.4) is 0 Å². The van der Waals surface area contributed by atoms with Gasteiger partial charge in [0.2, 0.25) is 0 Å². The van der Waals surface area contributed by atoms with Crippen molar-refractivity contribution in [3.05, 3.63) is 58.1 Å². The van der Waals surface area contributed by atoms with Gasteiger partial charge in [-0.3, -0.25) is 0 Å². The molecule has 2 aromatic carbocycles. The fourth-order valence-electron chi connectivity index (χ4n) is 3.36. The van der Waals surface area contributed by atoms with Crippen LogP contribution in [0.4, 0.5) is 0 Å².